The molecular weight excluding hydrogens is 210 g/mol. The van der Waals surface area contributed by atoms with E-state index in [0.29, 0.717) is 19.5 Å². The summed E-state index contributed by atoms with van der Waals surface area (Å²) < 4.78 is 5.32. The van der Waals surface area contributed by atoms with Gasteiger partial charge in [-0.15, -0.1) is 0 Å². The smallest absolute Gasteiger partial charge is 0.332 e. The first-order valence-electron chi connectivity index (χ1n) is 5.90. The Kier molecular flexibility index (Phi) is 5.73. The van der Waals surface area contributed by atoms with Gasteiger partial charge in [-0.25, -0.2) is 4.79 Å². The number of carboxylic acid groups (broad SMARTS) is 1. The number of aliphatic hydroxyl groups is 1. The van der Waals surface area contributed by atoms with E-state index >= 15 is 0 Å². The first-order chi connectivity index (χ1) is 7.63. The normalized spacial score (nSPS) is 26.9. The van der Waals surface area contributed by atoms with Crippen molar-refractivity contribution in [2.45, 2.75) is 50.9 Å². The minimum absolute atomic E-state index is 0.0325. The lowest BCUT2D eigenvalue weighted by molar-refractivity contribution is -0.149. The average Bonchev–Trinajstić information content (AvgIpc) is 2.67. The Hall–Kier alpha value is -0.650. The van der Waals surface area contributed by atoms with Gasteiger partial charge in [0, 0.05) is 13.1 Å². The molecule has 0 aliphatic carbocycles. The van der Waals surface area contributed by atoms with E-state index in [4.69, 9.17) is 9.84 Å². The second-order valence-corrected chi connectivity index (χ2v) is 4.26. The van der Waals surface area contributed by atoms with Crippen LogP contribution in [0.1, 0.15) is 32.6 Å². The maximum Gasteiger partial charge on any atom is 0.332 e. The fourth-order valence-electron chi connectivity index (χ4n) is 1.88. The average molecular weight is 231 g/mol. The van der Waals surface area contributed by atoms with Crippen molar-refractivity contribution in [1.82, 2.24) is 5.32 Å². The van der Waals surface area contributed by atoms with Gasteiger partial charge >= 0.3 is 5.97 Å². The molecule has 0 aromatic carbocycles. The molecule has 0 radical (unpaired) electrons. The molecule has 0 saturated carbocycles. The number of hydrogen-bond acceptors (Lipinski definition) is 4. The predicted molar refractivity (Wildman–Crippen MR) is 59.3 cm³/mol. The molecule has 3 N–H and O–H groups in total. The second-order valence-electron chi connectivity index (χ2n) is 4.26. The van der Waals surface area contributed by atoms with Crippen LogP contribution in [0.5, 0.6) is 0 Å². The molecule has 5 nitrogen and oxygen atoms in total. The van der Waals surface area contributed by atoms with E-state index in [-0.39, 0.29) is 12.2 Å². The number of hydrogen-bond donors (Lipinski definition) is 3. The van der Waals surface area contributed by atoms with Crippen molar-refractivity contribution in [3.05, 3.63) is 0 Å². The molecule has 3 atom stereocenters. The lowest BCUT2D eigenvalue weighted by atomic mass is 10.2. The standard InChI is InChI=1S/C11H21NO4/c1-2-3-8(13)6-12-7-9-4-5-10(16-9)11(14)15/h8-10,12-13H,2-7H2,1H3,(H,14,15). The quantitative estimate of drug-likeness (QED) is 0.590. The summed E-state index contributed by atoms with van der Waals surface area (Å²) in [4.78, 5) is 10.6. The van der Waals surface area contributed by atoms with Gasteiger partial charge in [0.1, 0.15) is 0 Å². The van der Waals surface area contributed by atoms with Crippen molar-refractivity contribution in [1.29, 1.82) is 0 Å². The molecule has 0 aromatic rings. The maximum absolute atomic E-state index is 10.6. The molecule has 94 valence electrons. The first kappa shape index (κ1) is 13.4. The highest BCUT2D eigenvalue weighted by molar-refractivity contribution is 5.72. The highest BCUT2D eigenvalue weighted by Crippen LogP contribution is 2.19. The molecule has 1 heterocycles. The Morgan fingerprint density at radius 1 is 1.56 bits per heavy atom. The highest BCUT2D eigenvalue weighted by Gasteiger charge is 2.29. The molecule has 1 rings (SSSR count). The molecule has 1 fully saturated rings. The van der Waals surface area contributed by atoms with Crippen molar-refractivity contribution in [3.63, 3.8) is 0 Å². The third-order valence-corrected chi connectivity index (χ3v) is 2.76. The van der Waals surface area contributed by atoms with Crippen molar-refractivity contribution in [2.75, 3.05) is 13.1 Å². The van der Waals surface area contributed by atoms with E-state index in [1.807, 2.05) is 6.92 Å². The van der Waals surface area contributed by atoms with Crippen LogP contribution in [-0.2, 0) is 9.53 Å². The Morgan fingerprint density at radius 2 is 2.31 bits per heavy atom. The van der Waals surface area contributed by atoms with Crippen molar-refractivity contribution < 1.29 is 19.7 Å². The van der Waals surface area contributed by atoms with Crippen LogP contribution in [0.3, 0.4) is 0 Å². The summed E-state index contributed by atoms with van der Waals surface area (Å²) in [6.07, 6.45) is 2.11. The topological polar surface area (TPSA) is 78.8 Å². The first-order valence-corrected chi connectivity index (χ1v) is 5.90. The molecule has 0 bridgehead atoms. The number of aliphatic carboxylic acids is 1. The summed E-state index contributed by atoms with van der Waals surface area (Å²) in [6, 6.07) is 0. The number of carboxylic acids is 1. The molecule has 1 aliphatic heterocycles. The molecule has 0 amide bonds. The third kappa shape index (κ3) is 4.47. The van der Waals surface area contributed by atoms with Gasteiger partial charge in [-0.2, -0.15) is 0 Å². The summed E-state index contributed by atoms with van der Waals surface area (Å²) in [7, 11) is 0. The Bertz CT molecular complexity index is 222. The summed E-state index contributed by atoms with van der Waals surface area (Å²) in [5.41, 5.74) is 0. The van der Waals surface area contributed by atoms with E-state index in [0.717, 1.165) is 19.3 Å². The summed E-state index contributed by atoms with van der Waals surface area (Å²) in [5, 5.41) is 21.3. The van der Waals surface area contributed by atoms with Crippen molar-refractivity contribution in [2.24, 2.45) is 0 Å². The van der Waals surface area contributed by atoms with E-state index in [1.54, 1.807) is 0 Å². The highest BCUT2D eigenvalue weighted by atomic mass is 16.5. The number of rotatable bonds is 7. The second kappa shape index (κ2) is 6.83. The van der Waals surface area contributed by atoms with Crippen LogP contribution in [0.25, 0.3) is 0 Å². The fourth-order valence-corrected chi connectivity index (χ4v) is 1.88. The summed E-state index contributed by atoms with van der Waals surface area (Å²) >= 11 is 0. The van der Waals surface area contributed by atoms with Gasteiger partial charge in [0.15, 0.2) is 6.10 Å². The summed E-state index contributed by atoms with van der Waals surface area (Å²) in [5.74, 6) is -0.881. The third-order valence-electron chi connectivity index (χ3n) is 2.76. The van der Waals surface area contributed by atoms with Crippen LogP contribution in [-0.4, -0.2) is 47.6 Å². The minimum atomic E-state index is -0.881. The number of carbonyl (C=O) groups is 1. The monoisotopic (exact) mass is 231 g/mol. The maximum atomic E-state index is 10.6. The van der Waals surface area contributed by atoms with E-state index in [9.17, 15) is 9.90 Å². The Balaban J connectivity index is 2.09. The molecule has 0 spiro atoms. The largest absolute Gasteiger partial charge is 0.479 e. The lowest BCUT2D eigenvalue weighted by Crippen LogP contribution is -2.33. The van der Waals surface area contributed by atoms with Crippen LogP contribution in [0.2, 0.25) is 0 Å². The van der Waals surface area contributed by atoms with Crippen LogP contribution < -0.4 is 5.32 Å². The fraction of sp³-hybridized carbons (Fsp3) is 0.909. The Morgan fingerprint density at radius 3 is 2.88 bits per heavy atom. The molecule has 1 aliphatic rings. The van der Waals surface area contributed by atoms with Crippen molar-refractivity contribution in [3.8, 4) is 0 Å². The van der Waals surface area contributed by atoms with E-state index in [1.165, 1.54) is 0 Å². The van der Waals surface area contributed by atoms with Gasteiger partial charge in [0.05, 0.1) is 12.2 Å². The molecule has 5 heteroatoms. The molecule has 1 saturated heterocycles. The van der Waals surface area contributed by atoms with Crippen LogP contribution in [0.4, 0.5) is 0 Å². The van der Waals surface area contributed by atoms with Gasteiger partial charge in [-0.3, -0.25) is 0 Å². The molecular formula is C11H21NO4. The van der Waals surface area contributed by atoms with Gasteiger partial charge in [0.2, 0.25) is 0 Å². The lowest BCUT2D eigenvalue weighted by Gasteiger charge is -2.14. The zero-order valence-corrected chi connectivity index (χ0v) is 9.69. The molecule has 16 heavy (non-hydrogen) atoms. The Labute approximate surface area is 95.8 Å². The van der Waals surface area contributed by atoms with Crippen LogP contribution >= 0.6 is 0 Å². The number of nitrogens with one attached hydrogen (secondary N) is 1. The van der Waals surface area contributed by atoms with Crippen molar-refractivity contribution >= 4 is 5.97 Å². The summed E-state index contributed by atoms with van der Waals surface area (Å²) in [6.45, 7) is 3.19. The number of ether oxygens (including phenoxy) is 1. The minimum Gasteiger partial charge on any atom is -0.479 e. The van der Waals surface area contributed by atoms with Crippen LogP contribution in [0.15, 0.2) is 0 Å². The van der Waals surface area contributed by atoms with E-state index < -0.39 is 12.1 Å². The van der Waals surface area contributed by atoms with Gasteiger partial charge in [-0.1, -0.05) is 13.3 Å². The SMILES string of the molecule is CCCC(O)CNCC1CCC(C(=O)O)O1. The number of aliphatic hydroxyl groups excluding tert-OH is 1. The zero-order chi connectivity index (χ0) is 12.0. The van der Waals surface area contributed by atoms with Gasteiger partial charge < -0.3 is 20.3 Å². The molecule has 3 unspecified atom stereocenters. The predicted octanol–water partition coefficient (Wildman–Crippen LogP) is 0.369. The van der Waals surface area contributed by atoms with Gasteiger partial charge in [0.25, 0.3) is 0 Å². The zero-order valence-electron chi connectivity index (χ0n) is 9.69. The van der Waals surface area contributed by atoms with Crippen LogP contribution in [0, 0.1) is 0 Å². The molecule has 0 aromatic heterocycles. The van der Waals surface area contributed by atoms with Gasteiger partial charge in [-0.05, 0) is 19.3 Å². The van der Waals surface area contributed by atoms with E-state index in [2.05, 4.69) is 5.32 Å².